The van der Waals surface area contributed by atoms with E-state index in [-0.39, 0.29) is 17.1 Å². The lowest BCUT2D eigenvalue weighted by atomic mass is 10.1. The molecule has 0 amide bonds. The summed E-state index contributed by atoms with van der Waals surface area (Å²) in [4.78, 5) is 23.7. The van der Waals surface area contributed by atoms with Crippen molar-refractivity contribution in [2.24, 2.45) is 0 Å². The monoisotopic (exact) mass is 418 g/mol. The molecule has 0 fully saturated rings. The molecule has 8 heteroatoms. The van der Waals surface area contributed by atoms with Crippen LogP contribution in [0.25, 0.3) is 0 Å². The topological polar surface area (TPSA) is 109 Å². The van der Waals surface area contributed by atoms with E-state index in [1.807, 2.05) is 13.0 Å². The van der Waals surface area contributed by atoms with Crippen molar-refractivity contribution in [2.45, 2.75) is 18.2 Å². The number of benzene rings is 2. The molecular formula is C20H18O6S2. The van der Waals surface area contributed by atoms with Gasteiger partial charge in [0.2, 0.25) is 5.78 Å². The minimum Gasteiger partial charge on any atom is -0.481 e. The Balaban J connectivity index is 0.000000221. The van der Waals surface area contributed by atoms with E-state index in [0.29, 0.717) is 15.3 Å². The highest BCUT2D eigenvalue weighted by Gasteiger charge is 2.12. The zero-order valence-corrected chi connectivity index (χ0v) is 16.5. The second-order valence-electron chi connectivity index (χ2n) is 5.82. The van der Waals surface area contributed by atoms with Crippen LogP contribution in [-0.2, 0) is 21.3 Å². The summed E-state index contributed by atoms with van der Waals surface area (Å²) in [5.41, 5.74) is 1.58. The zero-order valence-electron chi connectivity index (χ0n) is 14.9. The van der Waals surface area contributed by atoms with Crippen molar-refractivity contribution >= 4 is 33.2 Å². The molecule has 0 unspecified atom stereocenters. The van der Waals surface area contributed by atoms with Crippen LogP contribution in [0, 0.1) is 6.92 Å². The maximum Gasteiger partial charge on any atom is 0.308 e. The number of rotatable bonds is 5. The molecule has 0 bridgehead atoms. The molecule has 0 saturated heterocycles. The van der Waals surface area contributed by atoms with Crippen LogP contribution in [-0.4, -0.2) is 29.8 Å². The number of hydrogen-bond acceptors (Lipinski definition) is 5. The van der Waals surface area contributed by atoms with Gasteiger partial charge in [-0.2, -0.15) is 8.42 Å². The van der Waals surface area contributed by atoms with Gasteiger partial charge in [-0.3, -0.25) is 14.1 Å². The molecular weight excluding hydrogens is 400 g/mol. The quantitative estimate of drug-likeness (QED) is 0.481. The van der Waals surface area contributed by atoms with Crippen molar-refractivity contribution in [3.63, 3.8) is 0 Å². The highest BCUT2D eigenvalue weighted by atomic mass is 32.2. The molecule has 0 saturated carbocycles. The number of carbonyl (C=O) groups excluding carboxylic acids is 1. The summed E-state index contributed by atoms with van der Waals surface area (Å²) in [6.45, 7) is 1.84. The zero-order chi connectivity index (χ0) is 20.7. The Hall–Kier alpha value is -2.81. The minimum atomic E-state index is -4.02. The van der Waals surface area contributed by atoms with Crippen LogP contribution < -0.4 is 0 Å². The molecule has 146 valence electrons. The molecule has 0 atom stereocenters. The van der Waals surface area contributed by atoms with Gasteiger partial charge in [-0.1, -0.05) is 48.0 Å². The summed E-state index contributed by atoms with van der Waals surface area (Å²) in [6, 6.07) is 18.3. The molecule has 0 aliphatic heterocycles. The van der Waals surface area contributed by atoms with E-state index < -0.39 is 16.1 Å². The summed E-state index contributed by atoms with van der Waals surface area (Å²) in [6.07, 6.45) is -0.0350. The van der Waals surface area contributed by atoms with E-state index in [1.165, 1.54) is 23.5 Å². The molecule has 1 heterocycles. The Bertz CT molecular complexity index is 1050. The van der Waals surface area contributed by atoms with Crippen molar-refractivity contribution in [2.75, 3.05) is 0 Å². The number of thiophene rings is 1. The molecule has 2 aromatic carbocycles. The molecule has 0 radical (unpaired) electrons. The lowest BCUT2D eigenvalue weighted by Crippen LogP contribution is -1.98. The fraction of sp³-hybridized carbons (Fsp3) is 0.100. The van der Waals surface area contributed by atoms with E-state index in [1.54, 1.807) is 48.5 Å². The molecule has 0 spiro atoms. The first-order chi connectivity index (χ1) is 13.2. The number of carbonyl (C=O) groups is 2. The van der Waals surface area contributed by atoms with Crippen molar-refractivity contribution < 1.29 is 27.7 Å². The lowest BCUT2D eigenvalue weighted by molar-refractivity contribution is -0.136. The Labute approximate surface area is 166 Å². The number of aryl methyl sites for hydroxylation is 1. The van der Waals surface area contributed by atoms with Gasteiger partial charge < -0.3 is 5.11 Å². The van der Waals surface area contributed by atoms with E-state index in [0.717, 1.165) is 5.56 Å². The molecule has 1 aromatic heterocycles. The Morgan fingerprint density at radius 3 is 2.07 bits per heavy atom. The van der Waals surface area contributed by atoms with Gasteiger partial charge in [-0.05, 0) is 31.2 Å². The first-order valence-corrected chi connectivity index (χ1v) is 10.4. The summed E-state index contributed by atoms with van der Waals surface area (Å²) in [5.74, 6) is -0.946. The van der Waals surface area contributed by atoms with Gasteiger partial charge in [0.15, 0.2) is 0 Å². The third-order valence-electron chi connectivity index (χ3n) is 3.57. The van der Waals surface area contributed by atoms with Gasteiger partial charge in [0.25, 0.3) is 10.1 Å². The van der Waals surface area contributed by atoms with Gasteiger partial charge in [-0.25, -0.2) is 0 Å². The number of aliphatic carboxylic acids is 1. The first kappa shape index (κ1) is 21.5. The SMILES string of the molecule is Cc1ccc(S(=O)(=O)O)cc1.O=C(O)Cc1ccc(C(=O)c2ccccc2)s1. The molecule has 3 rings (SSSR count). The molecule has 2 N–H and O–H groups in total. The van der Waals surface area contributed by atoms with Gasteiger partial charge in [-0.15, -0.1) is 11.3 Å². The molecule has 6 nitrogen and oxygen atoms in total. The van der Waals surface area contributed by atoms with Crippen molar-refractivity contribution in [1.82, 2.24) is 0 Å². The molecule has 0 aliphatic rings. The molecule has 0 aliphatic carbocycles. The van der Waals surface area contributed by atoms with Crippen LogP contribution in [0.15, 0.2) is 71.6 Å². The van der Waals surface area contributed by atoms with E-state index in [4.69, 9.17) is 9.66 Å². The van der Waals surface area contributed by atoms with Crippen LogP contribution >= 0.6 is 11.3 Å². The highest BCUT2D eigenvalue weighted by Crippen LogP contribution is 2.20. The first-order valence-electron chi connectivity index (χ1n) is 8.11. The van der Waals surface area contributed by atoms with Crippen LogP contribution in [0.1, 0.15) is 25.7 Å². The van der Waals surface area contributed by atoms with Crippen molar-refractivity contribution in [3.8, 4) is 0 Å². The number of carboxylic acid groups (broad SMARTS) is 1. The van der Waals surface area contributed by atoms with Gasteiger partial charge in [0.05, 0.1) is 16.2 Å². The Morgan fingerprint density at radius 2 is 1.54 bits per heavy atom. The predicted molar refractivity (Wildman–Crippen MR) is 107 cm³/mol. The van der Waals surface area contributed by atoms with E-state index in [9.17, 15) is 18.0 Å². The average molecular weight is 418 g/mol. The summed E-state index contributed by atoms with van der Waals surface area (Å²) in [5, 5.41) is 8.65. The second kappa shape index (κ2) is 9.41. The third-order valence-corrected chi connectivity index (χ3v) is 5.52. The van der Waals surface area contributed by atoms with E-state index in [2.05, 4.69) is 0 Å². The predicted octanol–water partition coefficient (Wildman–Crippen LogP) is 3.85. The minimum absolute atomic E-state index is 0.0350. The number of hydrogen-bond donors (Lipinski definition) is 2. The van der Waals surface area contributed by atoms with Gasteiger partial charge in [0, 0.05) is 10.4 Å². The van der Waals surface area contributed by atoms with Gasteiger partial charge >= 0.3 is 5.97 Å². The normalized spacial score (nSPS) is 10.6. The fourth-order valence-corrected chi connectivity index (χ4v) is 3.63. The van der Waals surface area contributed by atoms with Crippen LogP contribution in [0.2, 0.25) is 0 Å². The maximum atomic E-state index is 12.0. The Kier molecular flexibility index (Phi) is 7.22. The molecule has 28 heavy (non-hydrogen) atoms. The lowest BCUT2D eigenvalue weighted by Gasteiger charge is -1.96. The van der Waals surface area contributed by atoms with Gasteiger partial charge in [0.1, 0.15) is 0 Å². The summed E-state index contributed by atoms with van der Waals surface area (Å²) < 4.78 is 29.6. The van der Waals surface area contributed by atoms with Crippen LogP contribution in [0.4, 0.5) is 0 Å². The molecule has 3 aromatic rings. The van der Waals surface area contributed by atoms with Crippen molar-refractivity contribution in [1.29, 1.82) is 0 Å². The highest BCUT2D eigenvalue weighted by molar-refractivity contribution is 7.85. The van der Waals surface area contributed by atoms with E-state index >= 15 is 0 Å². The maximum absolute atomic E-state index is 12.0. The second-order valence-corrected chi connectivity index (χ2v) is 8.41. The average Bonchev–Trinajstić information content (AvgIpc) is 3.09. The smallest absolute Gasteiger partial charge is 0.308 e. The van der Waals surface area contributed by atoms with Crippen molar-refractivity contribution in [3.05, 3.63) is 87.6 Å². The summed E-state index contributed by atoms with van der Waals surface area (Å²) >= 11 is 1.23. The van der Waals surface area contributed by atoms with Crippen LogP contribution in [0.3, 0.4) is 0 Å². The number of carboxylic acids is 1. The Morgan fingerprint density at radius 1 is 0.929 bits per heavy atom. The standard InChI is InChI=1S/C13H10O3S.C7H8O3S/c14-12(15)8-10-6-7-11(17-10)13(16)9-4-2-1-3-5-9;1-6-2-4-7(5-3-6)11(8,9)10/h1-7H,8H2,(H,14,15);2-5H,1H3,(H,8,9,10). The largest absolute Gasteiger partial charge is 0.481 e. The number of ketones is 1. The third kappa shape index (κ3) is 6.41. The summed E-state index contributed by atoms with van der Waals surface area (Å²) in [7, 11) is -4.02. The van der Waals surface area contributed by atoms with Crippen LogP contribution in [0.5, 0.6) is 0 Å². The fourth-order valence-electron chi connectivity index (χ4n) is 2.19.